The Labute approximate surface area is 125 Å². The van der Waals surface area contributed by atoms with Gasteiger partial charge in [0.1, 0.15) is 6.29 Å². The van der Waals surface area contributed by atoms with Gasteiger partial charge >= 0.3 is 5.97 Å². The molecule has 112 valence electrons. The zero-order chi connectivity index (χ0) is 14.4. The molecule has 0 radical (unpaired) electrons. The minimum atomic E-state index is -0.711. The number of thioether (sulfide) groups is 1. The molecule has 0 aromatic carbocycles. The van der Waals surface area contributed by atoms with Crippen molar-refractivity contribution in [2.45, 2.75) is 61.9 Å². The van der Waals surface area contributed by atoms with E-state index < -0.39 is 5.97 Å². The fraction of sp³-hybridized carbons (Fsp3) is 0.750. The SMILES string of the molecule is O=CCC[C@H]1[C@@H](C/C=C\CCCC(=O)O)[C@H]2CC[C@@H]1S2. The number of aliphatic carboxylic acids is 1. The van der Waals surface area contributed by atoms with Crippen LogP contribution < -0.4 is 0 Å². The number of carbonyl (C=O) groups is 2. The van der Waals surface area contributed by atoms with Gasteiger partial charge in [-0.1, -0.05) is 12.2 Å². The van der Waals surface area contributed by atoms with Crippen molar-refractivity contribution in [1.82, 2.24) is 0 Å². The lowest BCUT2D eigenvalue weighted by Gasteiger charge is -2.28. The van der Waals surface area contributed by atoms with Crippen LogP contribution >= 0.6 is 11.8 Å². The number of hydrogen-bond acceptors (Lipinski definition) is 3. The van der Waals surface area contributed by atoms with Gasteiger partial charge < -0.3 is 9.90 Å². The summed E-state index contributed by atoms with van der Waals surface area (Å²) in [6, 6.07) is 0. The van der Waals surface area contributed by atoms with E-state index in [4.69, 9.17) is 5.11 Å². The molecule has 2 rings (SSSR count). The molecule has 1 N–H and O–H groups in total. The third-order valence-corrected chi connectivity index (χ3v) is 6.41. The second kappa shape index (κ2) is 7.87. The van der Waals surface area contributed by atoms with E-state index in [9.17, 15) is 9.59 Å². The average Bonchev–Trinajstić information content (AvgIpc) is 3.01. The molecule has 0 amide bonds. The van der Waals surface area contributed by atoms with Crippen LogP contribution in [0.1, 0.15) is 51.4 Å². The summed E-state index contributed by atoms with van der Waals surface area (Å²) in [7, 11) is 0. The highest BCUT2D eigenvalue weighted by Crippen LogP contribution is 2.55. The topological polar surface area (TPSA) is 54.4 Å². The minimum Gasteiger partial charge on any atom is -0.481 e. The van der Waals surface area contributed by atoms with Gasteiger partial charge in [-0.25, -0.2) is 0 Å². The monoisotopic (exact) mass is 296 g/mol. The molecule has 2 heterocycles. The molecule has 0 saturated carbocycles. The van der Waals surface area contributed by atoms with Crippen molar-refractivity contribution in [3.8, 4) is 0 Å². The van der Waals surface area contributed by atoms with E-state index in [1.165, 1.54) is 12.8 Å². The zero-order valence-corrected chi connectivity index (χ0v) is 12.7. The first-order valence-corrected chi connectivity index (χ1v) is 8.62. The maximum absolute atomic E-state index is 10.6. The van der Waals surface area contributed by atoms with Crippen LogP contribution in [0.2, 0.25) is 0 Å². The van der Waals surface area contributed by atoms with Crippen LogP contribution in [-0.4, -0.2) is 27.9 Å². The van der Waals surface area contributed by atoms with Gasteiger partial charge in [-0.15, -0.1) is 0 Å². The Bertz CT molecular complexity index is 367. The molecule has 2 bridgehead atoms. The zero-order valence-electron chi connectivity index (χ0n) is 11.9. The maximum atomic E-state index is 10.6. The Morgan fingerprint density at radius 1 is 1.15 bits per heavy atom. The van der Waals surface area contributed by atoms with Gasteiger partial charge in [0.2, 0.25) is 0 Å². The van der Waals surface area contributed by atoms with Gasteiger partial charge in [-0.05, 0) is 50.4 Å². The fourth-order valence-electron chi connectivity index (χ4n) is 3.60. The van der Waals surface area contributed by atoms with Crippen molar-refractivity contribution in [3.05, 3.63) is 12.2 Å². The van der Waals surface area contributed by atoms with Crippen LogP contribution in [0.4, 0.5) is 0 Å². The van der Waals surface area contributed by atoms with Crippen molar-refractivity contribution >= 4 is 24.0 Å². The normalized spacial score (nSPS) is 32.0. The fourth-order valence-corrected chi connectivity index (χ4v) is 5.65. The van der Waals surface area contributed by atoms with Crippen molar-refractivity contribution in [1.29, 1.82) is 0 Å². The number of hydrogen-bond donors (Lipinski definition) is 1. The highest BCUT2D eigenvalue weighted by molar-refractivity contribution is 8.01. The number of carboxylic acids is 1. The van der Waals surface area contributed by atoms with Gasteiger partial charge in [0, 0.05) is 23.3 Å². The van der Waals surface area contributed by atoms with Crippen LogP contribution in [0.3, 0.4) is 0 Å². The van der Waals surface area contributed by atoms with Gasteiger partial charge in [-0.2, -0.15) is 11.8 Å². The Morgan fingerprint density at radius 3 is 2.60 bits per heavy atom. The molecule has 2 aliphatic heterocycles. The van der Waals surface area contributed by atoms with Crippen LogP contribution in [0, 0.1) is 11.8 Å². The maximum Gasteiger partial charge on any atom is 0.303 e. The Balaban J connectivity index is 1.74. The average molecular weight is 296 g/mol. The van der Waals surface area contributed by atoms with Crippen LogP contribution in [0.25, 0.3) is 0 Å². The molecule has 2 aliphatic rings. The molecule has 4 atom stereocenters. The van der Waals surface area contributed by atoms with Crippen molar-refractivity contribution in [2.24, 2.45) is 11.8 Å². The highest BCUT2D eigenvalue weighted by Gasteiger charge is 2.46. The first-order chi connectivity index (χ1) is 9.72. The Morgan fingerprint density at radius 2 is 1.90 bits per heavy atom. The molecule has 0 aromatic rings. The second-order valence-electron chi connectivity index (χ2n) is 5.86. The number of carboxylic acid groups (broad SMARTS) is 1. The van der Waals surface area contributed by atoms with E-state index in [2.05, 4.69) is 23.9 Å². The molecule has 2 saturated heterocycles. The summed E-state index contributed by atoms with van der Waals surface area (Å²) in [4.78, 5) is 21.0. The molecule has 3 nitrogen and oxygen atoms in total. The van der Waals surface area contributed by atoms with Crippen molar-refractivity contribution < 1.29 is 14.7 Å². The predicted octanol–water partition coefficient (Wildman–Crippen LogP) is 3.68. The minimum absolute atomic E-state index is 0.260. The molecule has 2 fully saturated rings. The van der Waals surface area contributed by atoms with Crippen LogP contribution in [0.15, 0.2) is 12.2 Å². The van der Waals surface area contributed by atoms with E-state index in [1.54, 1.807) is 0 Å². The summed E-state index contributed by atoms with van der Waals surface area (Å²) in [6.45, 7) is 0. The summed E-state index contributed by atoms with van der Waals surface area (Å²) in [5, 5.41) is 10.2. The van der Waals surface area contributed by atoms with Crippen molar-refractivity contribution in [2.75, 3.05) is 0 Å². The first-order valence-electron chi connectivity index (χ1n) is 7.68. The second-order valence-corrected chi connectivity index (χ2v) is 7.34. The van der Waals surface area contributed by atoms with E-state index in [0.717, 1.165) is 48.4 Å². The smallest absolute Gasteiger partial charge is 0.303 e. The largest absolute Gasteiger partial charge is 0.481 e. The van der Waals surface area contributed by atoms with Crippen molar-refractivity contribution in [3.63, 3.8) is 0 Å². The molecule has 0 aliphatic carbocycles. The van der Waals surface area contributed by atoms with E-state index in [0.29, 0.717) is 12.3 Å². The number of carbonyl (C=O) groups excluding carboxylic acids is 1. The summed E-state index contributed by atoms with van der Waals surface area (Å²) in [5.41, 5.74) is 0. The summed E-state index contributed by atoms with van der Waals surface area (Å²) in [6.07, 6.45) is 12.8. The third kappa shape index (κ3) is 4.11. The lowest BCUT2D eigenvalue weighted by atomic mass is 9.75. The Kier molecular flexibility index (Phi) is 6.14. The molecular formula is C16H24O3S. The number of allylic oxidation sites excluding steroid dienone is 2. The molecule has 20 heavy (non-hydrogen) atoms. The lowest BCUT2D eigenvalue weighted by Crippen LogP contribution is -2.26. The number of aldehydes is 1. The molecule has 0 aromatic heterocycles. The highest BCUT2D eigenvalue weighted by atomic mass is 32.2. The standard InChI is InChI=1S/C16H24O3S/c17-11-5-7-13-12(14-9-10-15(13)20-14)6-3-1-2-4-8-16(18)19/h1,3,11-15H,2,4-10H2,(H,18,19)/b3-1-/t12-,13+,14-,15+/m1/s1. The lowest BCUT2D eigenvalue weighted by molar-refractivity contribution is -0.137. The third-order valence-electron chi connectivity index (χ3n) is 4.54. The molecular weight excluding hydrogens is 272 g/mol. The summed E-state index contributed by atoms with van der Waals surface area (Å²) < 4.78 is 0. The predicted molar refractivity (Wildman–Crippen MR) is 81.9 cm³/mol. The number of fused-ring (bicyclic) bond motifs is 2. The van der Waals surface area contributed by atoms with Crippen LogP contribution in [0.5, 0.6) is 0 Å². The molecule has 4 heteroatoms. The quantitative estimate of drug-likeness (QED) is 0.400. The van der Waals surface area contributed by atoms with Gasteiger partial charge in [-0.3, -0.25) is 4.79 Å². The van der Waals surface area contributed by atoms with Gasteiger partial charge in [0.25, 0.3) is 0 Å². The van der Waals surface area contributed by atoms with E-state index >= 15 is 0 Å². The van der Waals surface area contributed by atoms with Gasteiger partial charge in [0.05, 0.1) is 0 Å². The van der Waals surface area contributed by atoms with E-state index in [-0.39, 0.29) is 6.42 Å². The van der Waals surface area contributed by atoms with Gasteiger partial charge in [0.15, 0.2) is 0 Å². The number of unbranched alkanes of at least 4 members (excludes halogenated alkanes) is 1. The Hall–Kier alpha value is -0.770. The summed E-state index contributed by atoms with van der Waals surface area (Å²) in [5.74, 6) is 0.735. The number of rotatable bonds is 9. The molecule has 0 unspecified atom stereocenters. The summed E-state index contributed by atoms with van der Waals surface area (Å²) >= 11 is 2.14. The molecule has 0 spiro atoms. The van der Waals surface area contributed by atoms with Crippen LogP contribution in [-0.2, 0) is 9.59 Å². The first kappa shape index (κ1) is 15.6. The van der Waals surface area contributed by atoms with E-state index in [1.807, 2.05) is 0 Å².